The highest BCUT2D eigenvalue weighted by Gasteiger charge is 2.32. The lowest BCUT2D eigenvalue weighted by molar-refractivity contribution is 0.106. The standard InChI is InChI=1S/C98H94IN11O4/c1-54-42-70(50-114-51-84-58(5)62(9)105(66(84)13)74-32-22-18-23-33-74)46-80-81-47-71(92(111)85-59(6)63(10)106(67(85)14)75-34-24-19-25-35-75)43-55(2)89(81)109(88(54)80)97-99-95(100-52-102-97)78-40-30-31-41-79(78)96-101-53-103-98(104-96)110-90-56(3)44-72(93(112)86-60(7)64(11)107(68(86)15)76-36-26-20-27-37-76)48-82(90)83-49-73(45-57(4)91(83)110)94(113-17)87-61(8)65(12)108(69(87)16)77-38-28-21-29-39-77/h18-49,52-53,92-94,111-112H,50-51H2,1-17H3. The van der Waals surface area contributed by atoms with Gasteiger partial charge in [-0.05, 0) is 271 Å². The van der Waals surface area contributed by atoms with Crippen molar-refractivity contribution in [2.45, 2.75) is 142 Å². The summed E-state index contributed by atoms with van der Waals surface area (Å²) in [5, 5.41) is 29.9. The number of hydrogen-bond donors (Lipinski definition) is 2. The van der Waals surface area contributed by atoms with Gasteiger partial charge in [0.15, 0.2) is 9.67 Å². The molecule has 0 spiro atoms. The largest absolute Gasteiger partial charge is 0.384 e. The first kappa shape index (κ1) is 75.2. The number of ether oxygens (including phenoxy) is 2. The number of aliphatic hydroxyl groups is 2. The molecule has 3 unspecified atom stereocenters. The van der Waals surface area contributed by atoms with Crippen molar-refractivity contribution in [2.75, 3.05) is 7.11 Å². The molecule has 8 heterocycles. The normalized spacial score (nSPS) is 13.4. The number of hydrogen-bond acceptors (Lipinski definition) is 9. The average Bonchev–Trinajstić information content (AvgIpc) is 1.56. The maximum absolute atomic E-state index is 13.0. The first-order valence-corrected chi connectivity index (χ1v) is 41.2. The Kier molecular flexibility index (Phi) is 19.6. The van der Waals surface area contributed by atoms with Crippen molar-refractivity contribution in [3.05, 3.63) is 341 Å². The Balaban J connectivity index is 0.784. The number of benzene rings is 9. The number of aliphatic hydroxyl groups excluding tert-OH is 2. The summed E-state index contributed by atoms with van der Waals surface area (Å²) < 4.78 is 29.0. The number of rotatable bonds is 18. The zero-order chi connectivity index (χ0) is 79.6. The zero-order valence-corrected chi connectivity index (χ0v) is 69.9. The molecule has 16 aromatic rings. The van der Waals surface area contributed by atoms with Gasteiger partial charge in [-0.2, -0.15) is 4.98 Å². The van der Waals surface area contributed by atoms with Crippen LogP contribution in [0.3, 0.4) is 0 Å². The molecule has 0 bridgehead atoms. The second-order valence-corrected chi connectivity index (χ2v) is 33.4. The fraction of sp³-hybridized carbons (Fsp3) is 0.224. The van der Waals surface area contributed by atoms with Gasteiger partial charge in [-0.1, -0.05) is 121 Å². The maximum Gasteiger partial charge on any atom is 0.238 e. The lowest BCUT2D eigenvalue weighted by Gasteiger charge is -2.19. The van der Waals surface area contributed by atoms with E-state index in [-0.39, 0.29) is 0 Å². The number of fused-ring (bicyclic) bond motifs is 6. The number of para-hydroxylation sites is 4. The fourth-order valence-corrected chi connectivity index (χ4v) is 21.1. The Morgan fingerprint density at radius 2 is 0.789 bits per heavy atom. The van der Waals surface area contributed by atoms with Gasteiger partial charge in [-0.25, -0.2) is 20.0 Å². The van der Waals surface area contributed by atoms with Crippen molar-refractivity contribution in [1.82, 2.24) is 42.4 Å². The van der Waals surface area contributed by atoms with Gasteiger partial charge in [-0.3, -0.25) is 9.13 Å². The summed E-state index contributed by atoms with van der Waals surface area (Å²) >= 11 is -1.14. The molecular formula is C98H94IN11O4. The monoisotopic (exact) mass is 1620 g/mol. The summed E-state index contributed by atoms with van der Waals surface area (Å²) in [6.07, 6.45) is 1.05. The summed E-state index contributed by atoms with van der Waals surface area (Å²) in [4.78, 5) is 26.2. The van der Waals surface area contributed by atoms with Gasteiger partial charge in [0.2, 0.25) is 5.95 Å². The first-order valence-electron chi connectivity index (χ1n) is 39.0. The third-order valence-corrected chi connectivity index (χ3v) is 26.9. The molecule has 572 valence electrons. The van der Waals surface area contributed by atoms with Crippen molar-refractivity contribution in [3.63, 3.8) is 0 Å². The molecule has 9 aromatic carbocycles. The fourth-order valence-electron chi connectivity index (χ4n) is 18.7. The summed E-state index contributed by atoms with van der Waals surface area (Å²) in [5.41, 5.74) is 35.1. The van der Waals surface area contributed by atoms with Gasteiger partial charge in [0.25, 0.3) is 0 Å². The van der Waals surface area contributed by atoms with E-state index in [1.54, 1.807) is 19.8 Å². The predicted molar refractivity (Wildman–Crippen MR) is 473 cm³/mol. The number of aromatic nitrogens is 9. The second kappa shape index (κ2) is 29.8. The van der Waals surface area contributed by atoms with E-state index in [4.69, 9.17) is 34.4 Å². The van der Waals surface area contributed by atoms with Crippen molar-refractivity contribution in [1.29, 1.82) is 0 Å². The number of methoxy groups -OCH3 is 1. The van der Waals surface area contributed by atoms with Crippen molar-refractivity contribution < 1.29 is 19.7 Å². The van der Waals surface area contributed by atoms with Crippen molar-refractivity contribution >= 4 is 78.2 Å². The minimum atomic E-state index is -1.14. The Bertz CT molecular complexity index is 6660. The van der Waals surface area contributed by atoms with E-state index in [9.17, 15) is 10.2 Å². The Morgan fingerprint density at radius 1 is 0.386 bits per heavy atom. The molecule has 0 fully saturated rings. The molecule has 15 nitrogen and oxygen atoms in total. The van der Waals surface area contributed by atoms with Crippen LogP contribution in [0.1, 0.15) is 158 Å². The van der Waals surface area contributed by atoms with Crippen LogP contribution in [0, 0.1) is 111 Å². The van der Waals surface area contributed by atoms with E-state index in [1.807, 2.05) is 18.2 Å². The van der Waals surface area contributed by atoms with Crippen LogP contribution in [0.5, 0.6) is 0 Å². The van der Waals surface area contributed by atoms with E-state index in [0.29, 0.717) is 25.0 Å². The number of aryl methyl sites for hydroxylation is 4. The highest BCUT2D eigenvalue weighted by atomic mass is 127. The van der Waals surface area contributed by atoms with Crippen LogP contribution in [0.15, 0.2) is 210 Å². The summed E-state index contributed by atoms with van der Waals surface area (Å²) in [5.74, 6) is 0.942. The van der Waals surface area contributed by atoms with Gasteiger partial charge in [-0.15, -0.1) is 0 Å². The number of aliphatic imine (C=N–C) groups is 2. The van der Waals surface area contributed by atoms with Crippen LogP contribution in [0.2, 0.25) is 0 Å². The summed E-state index contributed by atoms with van der Waals surface area (Å²) in [6, 6.07) is 67.9. The number of halogens is 1. The SMILES string of the molecule is COC(c1cc(C)c2c(c1)c1cc(C(O)c3c(C)c(C)n(-c4ccccc4)c3C)cc(C)c1n2-c1ncnc(-c2ccccc2C2=IC(n3c4c(C)cc(COCc5c(C)c(C)n(-c6ccccc6)c5C)cc4c4cc(C(O)c5c(C)c(C)n(-c6ccccc6)c5C)cc(C)c43)=NC=N2)n1)c1c(C)c(C)n(-c2ccccc2)c1C. The molecule has 3 atom stereocenters. The Morgan fingerprint density at radius 3 is 1.28 bits per heavy atom. The topological polar surface area (TPSA) is 152 Å². The molecule has 0 radical (unpaired) electrons. The van der Waals surface area contributed by atoms with Crippen molar-refractivity contribution in [3.8, 4) is 40.1 Å². The van der Waals surface area contributed by atoms with Crippen LogP contribution in [0.4, 0.5) is 0 Å². The molecule has 16 heteroatoms. The maximum atomic E-state index is 13.0. The Labute approximate surface area is 675 Å². The summed E-state index contributed by atoms with van der Waals surface area (Å²) in [6.45, 7) is 35.4. The number of nitrogens with zero attached hydrogens (tertiary/aromatic N) is 11. The molecule has 0 amide bonds. The molecule has 0 saturated heterocycles. The highest BCUT2D eigenvalue weighted by Crippen LogP contribution is 2.46. The molecule has 1 aliphatic rings. The molecule has 2 N–H and O–H groups in total. The third-order valence-electron chi connectivity index (χ3n) is 24.3. The molecular weight excluding hydrogens is 1520 g/mol. The Hall–Kier alpha value is -11.5. The lowest BCUT2D eigenvalue weighted by Crippen LogP contribution is -2.13. The van der Waals surface area contributed by atoms with Gasteiger partial charge in [0.1, 0.15) is 34.6 Å². The second-order valence-electron chi connectivity index (χ2n) is 30.9. The van der Waals surface area contributed by atoms with Crippen LogP contribution < -0.4 is 0 Å². The van der Waals surface area contributed by atoms with Gasteiger partial charge in [0.05, 0.1) is 35.3 Å². The van der Waals surface area contributed by atoms with E-state index in [2.05, 4.69) is 314 Å². The van der Waals surface area contributed by atoms with E-state index < -0.39 is 39.0 Å². The smallest absolute Gasteiger partial charge is 0.238 e. The van der Waals surface area contributed by atoms with Gasteiger partial charge < -0.3 is 38.0 Å². The van der Waals surface area contributed by atoms with Crippen LogP contribution in [-0.2, 0) is 22.7 Å². The van der Waals surface area contributed by atoms with Crippen LogP contribution >= 0.6 is 20.7 Å². The minimum Gasteiger partial charge on any atom is -0.384 e. The minimum absolute atomic E-state index is 0.393. The van der Waals surface area contributed by atoms with E-state index in [0.717, 1.165) is 191 Å². The van der Waals surface area contributed by atoms with Crippen molar-refractivity contribution in [2.24, 2.45) is 9.98 Å². The van der Waals surface area contributed by atoms with Crippen LogP contribution in [0.25, 0.3) is 83.7 Å². The predicted octanol–water partition coefficient (Wildman–Crippen LogP) is 21.9. The van der Waals surface area contributed by atoms with E-state index in [1.165, 1.54) is 28.1 Å². The quantitative estimate of drug-likeness (QED) is 0.0812. The molecule has 114 heavy (non-hydrogen) atoms. The highest BCUT2D eigenvalue weighted by molar-refractivity contribution is 14.2. The van der Waals surface area contributed by atoms with Gasteiger partial charge >= 0.3 is 0 Å². The third kappa shape index (κ3) is 12.4. The molecule has 1 aliphatic heterocycles. The average molecular weight is 1620 g/mol. The molecule has 17 rings (SSSR count). The first-order chi connectivity index (χ1) is 55.0. The zero-order valence-electron chi connectivity index (χ0n) is 67.8. The molecule has 0 saturated carbocycles. The van der Waals surface area contributed by atoms with E-state index >= 15 is 0 Å². The molecule has 0 aliphatic carbocycles. The lowest BCUT2D eigenvalue weighted by atomic mass is 9.93. The van der Waals surface area contributed by atoms with Gasteiger partial charge in [0, 0.05) is 130 Å². The summed E-state index contributed by atoms with van der Waals surface area (Å²) in [7, 11) is 1.80. The molecule has 7 aromatic heterocycles. The van der Waals surface area contributed by atoms with Crippen LogP contribution in [-0.4, -0.2) is 73.5 Å².